The second-order valence-corrected chi connectivity index (χ2v) is 5.39. The van der Waals surface area contributed by atoms with Crippen LogP contribution in [0.25, 0.3) is 0 Å². The van der Waals surface area contributed by atoms with Crippen LogP contribution in [-0.2, 0) is 11.2 Å². The Kier molecular flexibility index (Phi) is 5.98. The van der Waals surface area contributed by atoms with Crippen molar-refractivity contribution in [2.45, 2.75) is 6.42 Å². The molecule has 0 heterocycles. The zero-order valence-corrected chi connectivity index (χ0v) is 13.1. The van der Waals surface area contributed by atoms with Crippen molar-refractivity contribution in [3.05, 3.63) is 60.2 Å². The lowest BCUT2D eigenvalue weighted by Crippen LogP contribution is -2.32. The van der Waals surface area contributed by atoms with Gasteiger partial charge in [-0.05, 0) is 43.9 Å². The summed E-state index contributed by atoms with van der Waals surface area (Å²) in [4.78, 5) is 13.8. The molecule has 2 aromatic carbocycles. The minimum Gasteiger partial charge on any atom is -0.457 e. The van der Waals surface area contributed by atoms with Crippen LogP contribution < -0.4 is 10.1 Å². The maximum atomic E-state index is 11.8. The first-order valence-corrected chi connectivity index (χ1v) is 7.37. The second kappa shape index (κ2) is 8.20. The van der Waals surface area contributed by atoms with E-state index in [0.717, 1.165) is 23.6 Å². The molecule has 0 radical (unpaired) electrons. The lowest BCUT2D eigenvalue weighted by atomic mass is 10.1. The fourth-order valence-corrected chi connectivity index (χ4v) is 1.97. The smallest absolute Gasteiger partial charge is 0.224 e. The van der Waals surface area contributed by atoms with E-state index in [2.05, 4.69) is 5.32 Å². The van der Waals surface area contributed by atoms with Gasteiger partial charge in [-0.15, -0.1) is 0 Å². The number of ether oxygens (including phenoxy) is 1. The van der Waals surface area contributed by atoms with E-state index in [4.69, 9.17) is 4.74 Å². The molecule has 0 atom stereocenters. The Balaban J connectivity index is 1.82. The topological polar surface area (TPSA) is 41.6 Å². The average Bonchev–Trinajstić information content (AvgIpc) is 2.50. The van der Waals surface area contributed by atoms with E-state index in [-0.39, 0.29) is 5.91 Å². The van der Waals surface area contributed by atoms with Gasteiger partial charge in [0.2, 0.25) is 5.91 Å². The second-order valence-electron chi connectivity index (χ2n) is 5.39. The van der Waals surface area contributed by atoms with Gasteiger partial charge in [-0.2, -0.15) is 0 Å². The fourth-order valence-electron chi connectivity index (χ4n) is 1.97. The van der Waals surface area contributed by atoms with Crippen LogP contribution in [0.2, 0.25) is 0 Å². The Bertz CT molecular complexity index is 580. The molecule has 4 nitrogen and oxygen atoms in total. The third-order valence-corrected chi connectivity index (χ3v) is 3.15. The third-order valence-electron chi connectivity index (χ3n) is 3.15. The third kappa shape index (κ3) is 5.58. The molecule has 0 aromatic heterocycles. The SMILES string of the molecule is CN(C)CCNC(=O)Cc1ccc(Oc2ccccc2)cc1. The van der Waals surface area contributed by atoms with Gasteiger partial charge in [0.25, 0.3) is 0 Å². The van der Waals surface area contributed by atoms with E-state index >= 15 is 0 Å². The van der Waals surface area contributed by atoms with Crippen LogP contribution in [-0.4, -0.2) is 38.0 Å². The summed E-state index contributed by atoms with van der Waals surface area (Å²) in [5, 5.41) is 2.91. The van der Waals surface area contributed by atoms with Gasteiger partial charge in [0, 0.05) is 13.1 Å². The number of nitrogens with one attached hydrogen (secondary N) is 1. The van der Waals surface area contributed by atoms with Crippen molar-refractivity contribution in [3.8, 4) is 11.5 Å². The Labute approximate surface area is 131 Å². The number of hydrogen-bond acceptors (Lipinski definition) is 3. The molecule has 22 heavy (non-hydrogen) atoms. The van der Waals surface area contributed by atoms with Crippen LogP contribution >= 0.6 is 0 Å². The number of carbonyl (C=O) groups excluding carboxylic acids is 1. The molecule has 2 aromatic rings. The number of benzene rings is 2. The van der Waals surface area contributed by atoms with Crippen LogP contribution in [0.4, 0.5) is 0 Å². The summed E-state index contributed by atoms with van der Waals surface area (Å²) in [5.74, 6) is 1.61. The maximum absolute atomic E-state index is 11.8. The summed E-state index contributed by atoms with van der Waals surface area (Å²) in [6.45, 7) is 1.51. The van der Waals surface area contributed by atoms with Gasteiger partial charge < -0.3 is 15.0 Å². The number of carbonyl (C=O) groups is 1. The lowest BCUT2D eigenvalue weighted by Gasteiger charge is -2.10. The van der Waals surface area contributed by atoms with E-state index in [1.54, 1.807) is 0 Å². The van der Waals surface area contributed by atoms with Crippen molar-refractivity contribution in [1.82, 2.24) is 10.2 Å². The van der Waals surface area contributed by atoms with Crippen LogP contribution in [0, 0.1) is 0 Å². The lowest BCUT2D eigenvalue weighted by molar-refractivity contribution is -0.120. The van der Waals surface area contributed by atoms with Crippen molar-refractivity contribution in [3.63, 3.8) is 0 Å². The van der Waals surface area contributed by atoms with Gasteiger partial charge in [0.05, 0.1) is 6.42 Å². The molecule has 4 heteroatoms. The highest BCUT2D eigenvalue weighted by Crippen LogP contribution is 2.21. The number of para-hydroxylation sites is 1. The fraction of sp³-hybridized carbons (Fsp3) is 0.278. The molecule has 0 aliphatic carbocycles. The Morgan fingerprint density at radius 3 is 2.27 bits per heavy atom. The number of likely N-dealkylation sites (N-methyl/N-ethyl adjacent to an activating group) is 1. The van der Waals surface area contributed by atoms with Crippen LogP contribution in [0.15, 0.2) is 54.6 Å². The van der Waals surface area contributed by atoms with Gasteiger partial charge in [-0.1, -0.05) is 30.3 Å². The first-order chi connectivity index (χ1) is 10.6. The van der Waals surface area contributed by atoms with Crippen LogP contribution in [0.1, 0.15) is 5.56 Å². The normalized spacial score (nSPS) is 10.5. The predicted octanol–water partition coefficient (Wildman–Crippen LogP) is 2.70. The highest BCUT2D eigenvalue weighted by Gasteiger charge is 2.04. The Morgan fingerprint density at radius 2 is 1.64 bits per heavy atom. The highest BCUT2D eigenvalue weighted by molar-refractivity contribution is 5.78. The van der Waals surface area contributed by atoms with E-state index in [1.165, 1.54) is 0 Å². The molecule has 0 saturated carbocycles. The zero-order valence-electron chi connectivity index (χ0n) is 13.1. The van der Waals surface area contributed by atoms with E-state index < -0.39 is 0 Å². The number of rotatable bonds is 7. The van der Waals surface area contributed by atoms with Crippen molar-refractivity contribution in [1.29, 1.82) is 0 Å². The summed E-state index contributed by atoms with van der Waals surface area (Å²) in [6.07, 6.45) is 0.388. The maximum Gasteiger partial charge on any atom is 0.224 e. The highest BCUT2D eigenvalue weighted by atomic mass is 16.5. The number of hydrogen-bond donors (Lipinski definition) is 1. The molecule has 0 aliphatic rings. The van der Waals surface area contributed by atoms with Crippen molar-refractivity contribution in [2.75, 3.05) is 27.2 Å². The van der Waals surface area contributed by atoms with Gasteiger partial charge in [-0.3, -0.25) is 4.79 Å². The van der Waals surface area contributed by atoms with Gasteiger partial charge in [0.15, 0.2) is 0 Å². The molecule has 1 amide bonds. The molecule has 0 unspecified atom stereocenters. The summed E-state index contributed by atoms with van der Waals surface area (Å²) in [5.41, 5.74) is 0.975. The van der Waals surface area contributed by atoms with Crippen molar-refractivity contribution < 1.29 is 9.53 Å². The monoisotopic (exact) mass is 298 g/mol. The van der Waals surface area contributed by atoms with Crippen LogP contribution in [0.5, 0.6) is 11.5 Å². The van der Waals surface area contributed by atoms with E-state index in [0.29, 0.717) is 13.0 Å². The summed E-state index contributed by atoms with van der Waals surface area (Å²) in [6, 6.07) is 17.2. The molecule has 2 rings (SSSR count). The molecule has 0 saturated heterocycles. The quantitative estimate of drug-likeness (QED) is 0.854. The molecular weight excluding hydrogens is 276 g/mol. The largest absolute Gasteiger partial charge is 0.457 e. The predicted molar refractivity (Wildman–Crippen MR) is 88.2 cm³/mol. The molecular formula is C18H22N2O2. The molecule has 0 bridgehead atoms. The number of nitrogens with zero attached hydrogens (tertiary/aromatic N) is 1. The molecule has 0 fully saturated rings. The molecule has 116 valence electrons. The van der Waals surface area contributed by atoms with E-state index in [9.17, 15) is 4.79 Å². The Morgan fingerprint density at radius 1 is 1.00 bits per heavy atom. The Hall–Kier alpha value is -2.33. The standard InChI is InChI=1S/C18H22N2O2/c1-20(2)13-12-19-18(21)14-15-8-10-17(11-9-15)22-16-6-4-3-5-7-16/h3-11H,12-14H2,1-2H3,(H,19,21). The minimum atomic E-state index is 0.0403. The van der Waals surface area contributed by atoms with Crippen LogP contribution in [0.3, 0.4) is 0 Å². The van der Waals surface area contributed by atoms with E-state index in [1.807, 2.05) is 73.6 Å². The molecule has 0 spiro atoms. The van der Waals surface area contributed by atoms with Crippen molar-refractivity contribution in [2.24, 2.45) is 0 Å². The number of amides is 1. The molecule has 0 aliphatic heterocycles. The summed E-state index contributed by atoms with van der Waals surface area (Å²) in [7, 11) is 3.97. The van der Waals surface area contributed by atoms with Crippen molar-refractivity contribution >= 4 is 5.91 Å². The van der Waals surface area contributed by atoms with Gasteiger partial charge >= 0.3 is 0 Å². The first-order valence-electron chi connectivity index (χ1n) is 7.37. The van der Waals surface area contributed by atoms with Gasteiger partial charge in [-0.25, -0.2) is 0 Å². The average molecular weight is 298 g/mol. The minimum absolute atomic E-state index is 0.0403. The summed E-state index contributed by atoms with van der Waals surface area (Å²) < 4.78 is 5.72. The molecule has 1 N–H and O–H groups in total. The van der Waals surface area contributed by atoms with Gasteiger partial charge in [0.1, 0.15) is 11.5 Å². The first kappa shape index (κ1) is 16.0. The summed E-state index contributed by atoms with van der Waals surface area (Å²) >= 11 is 0. The zero-order chi connectivity index (χ0) is 15.8.